The Hall–Kier alpha value is -2.63. The molecule has 0 saturated carbocycles. The monoisotopic (exact) mass is 287 g/mol. The average Bonchev–Trinajstić information content (AvgIpc) is 2.46. The molecule has 6 heteroatoms. The summed E-state index contributed by atoms with van der Waals surface area (Å²) >= 11 is 0. The van der Waals surface area contributed by atoms with Gasteiger partial charge in [0.1, 0.15) is 5.75 Å². The first kappa shape index (κ1) is 14.8. The van der Waals surface area contributed by atoms with Crippen molar-refractivity contribution >= 4 is 11.9 Å². The van der Waals surface area contributed by atoms with Gasteiger partial charge in [-0.1, -0.05) is 12.1 Å². The van der Waals surface area contributed by atoms with Gasteiger partial charge in [0.15, 0.2) is 0 Å². The van der Waals surface area contributed by atoms with Crippen molar-refractivity contribution < 1.29 is 14.6 Å². The number of methoxy groups -OCH3 is 1. The molecule has 0 aliphatic rings. The fourth-order valence-corrected chi connectivity index (χ4v) is 1.86. The quantitative estimate of drug-likeness (QED) is 0.848. The maximum absolute atomic E-state index is 10.5. The maximum Gasteiger partial charge on any atom is 0.305 e. The van der Waals surface area contributed by atoms with Gasteiger partial charge in [0.25, 0.3) is 0 Å². The van der Waals surface area contributed by atoms with Gasteiger partial charge < -0.3 is 15.2 Å². The van der Waals surface area contributed by atoms with E-state index in [1.165, 1.54) is 0 Å². The van der Waals surface area contributed by atoms with Gasteiger partial charge in [0, 0.05) is 17.8 Å². The van der Waals surface area contributed by atoms with Gasteiger partial charge in [-0.3, -0.25) is 4.79 Å². The van der Waals surface area contributed by atoms with Crippen LogP contribution in [0.1, 0.15) is 12.1 Å². The van der Waals surface area contributed by atoms with Crippen LogP contribution < -0.4 is 10.1 Å². The number of nitrogens with zero attached hydrogens (tertiary/aromatic N) is 2. The summed E-state index contributed by atoms with van der Waals surface area (Å²) in [7, 11) is 1.61. The second-order valence-corrected chi connectivity index (χ2v) is 4.52. The molecule has 0 aliphatic heterocycles. The summed E-state index contributed by atoms with van der Waals surface area (Å²) in [6.45, 7) is 2.16. The Morgan fingerprint density at radius 2 is 2.14 bits per heavy atom. The lowest BCUT2D eigenvalue weighted by Crippen LogP contribution is -2.10. The van der Waals surface area contributed by atoms with Gasteiger partial charge >= 0.3 is 5.97 Å². The molecule has 0 saturated heterocycles. The molecule has 0 radical (unpaired) electrons. The third-order valence-corrected chi connectivity index (χ3v) is 2.84. The van der Waals surface area contributed by atoms with Crippen molar-refractivity contribution in [1.82, 2.24) is 9.97 Å². The zero-order valence-electron chi connectivity index (χ0n) is 12.0. The number of hydrogen-bond donors (Lipinski definition) is 2. The van der Waals surface area contributed by atoms with Crippen LogP contribution in [0.25, 0.3) is 11.3 Å². The molecule has 0 spiro atoms. The Morgan fingerprint density at radius 3 is 2.86 bits per heavy atom. The number of carboxylic acid groups (broad SMARTS) is 1. The summed E-state index contributed by atoms with van der Waals surface area (Å²) in [5.74, 6) is 0.321. The smallest absolute Gasteiger partial charge is 0.305 e. The summed E-state index contributed by atoms with van der Waals surface area (Å²) in [6, 6.07) is 9.46. The number of aryl methyl sites for hydroxylation is 1. The van der Waals surface area contributed by atoms with E-state index in [1.807, 2.05) is 37.3 Å². The van der Waals surface area contributed by atoms with Crippen LogP contribution in [-0.4, -0.2) is 34.7 Å². The minimum atomic E-state index is -0.858. The zero-order chi connectivity index (χ0) is 15.2. The number of benzene rings is 1. The van der Waals surface area contributed by atoms with Crippen molar-refractivity contribution in [2.45, 2.75) is 13.3 Å². The number of nitrogens with one attached hydrogen (secondary N) is 1. The molecule has 110 valence electrons. The van der Waals surface area contributed by atoms with E-state index in [9.17, 15) is 4.79 Å². The summed E-state index contributed by atoms with van der Waals surface area (Å²) in [4.78, 5) is 19.2. The Balaban J connectivity index is 2.23. The molecule has 6 nitrogen and oxygen atoms in total. The normalized spacial score (nSPS) is 10.2. The summed E-state index contributed by atoms with van der Waals surface area (Å²) in [5.41, 5.74) is 2.49. The molecule has 2 N–H and O–H groups in total. The first-order valence-electron chi connectivity index (χ1n) is 6.54. The zero-order valence-corrected chi connectivity index (χ0v) is 12.0. The van der Waals surface area contributed by atoms with Crippen LogP contribution in [0, 0.1) is 6.92 Å². The third-order valence-electron chi connectivity index (χ3n) is 2.84. The average molecular weight is 287 g/mol. The number of aliphatic carboxylic acids is 1. The molecule has 0 bridgehead atoms. The molecule has 21 heavy (non-hydrogen) atoms. The maximum atomic E-state index is 10.5. The van der Waals surface area contributed by atoms with Crippen molar-refractivity contribution in [3.63, 3.8) is 0 Å². The predicted molar refractivity (Wildman–Crippen MR) is 79.5 cm³/mol. The van der Waals surface area contributed by atoms with E-state index in [-0.39, 0.29) is 13.0 Å². The van der Waals surface area contributed by atoms with Crippen LogP contribution in [0.5, 0.6) is 5.75 Å². The molecule has 1 aromatic carbocycles. The predicted octanol–water partition coefficient (Wildman–Crippen LogP) is 2.35. The second-order valence-electron chi connectivity index (χ2n) is 4.52. The molecular formula is C15H17N3O3. The Bertz CT molecular complexity index is 644. The van der Waals surface area contributed by atoms with Crippen LogP contribution in [0.4, 0.5) is 5.95 Å². The minimum Gasteiger partial charge on any atom is -0.497 e. The molecule has 2 rings (SSSR count). The number of anilines is 1. The highest BCUT2D eigenvalue weighted by Gasteiger charge is 2.06. The standard InChI is InChI=1S/C15H17N3O3/c1-10-8-13(11-4-3-5-12(9-11)21-2)18-15(17-10)16-7-6-14(19)20/h3-5,8-9H,6-7H2,1-2H3,(H,19,20)(H,16,17,18). The van der Waals surface area contributed by atoms with Gasteiger partial charge in [-0.05, 0) is 25.1 Å². The Labute approximate surface area is 122 Å². The van der Waals surface area contributed by atoms with Gasteiger partial charge in [-0.2, -0.15) is 0 Å². The SMILES string of the molecule is COc1cccc(-c2cc(C)nc(NCCC(=O)O)n2)c1. The molecule has 1 heterocycles. The molecular weight excluding hydrogens is 270 g/mol. The number of carbonyl (C=O) groups is 1. The van der Waals surface area contributed by atoms with Gasteiger partial charge in [-0.25, -0.2) is 9.97 Å². The number of hydrogen-bond acceptors (Lipinski definition) is 5. The molecule has 0 fully saturated rings. The van der Waals surface area contributed by atoms with E-state index >= 15 is 0 Å². The van der Waals surface area contributed by atoms with Gasteiger partial charge in [-0.15, -0.1) is 0 Å². The van der Waals surface area contributed by atoms with Crippen LogP contribution in [0.3, 0.4) is 0 Å². The lowest BCUT2D eigenvalue weighted by molar-refractivity contribution is -0.136. The number of ether oxygens (including phenoxy) is 1. The largest absolute Gasteiger partial charge is 0.497 e. The molecule has 2 aromatic rings. The molecule has 1 aromatic heterocycles. The topological polar surface area (TPSA) is 84.3 Å². The van der Waals surface area contributed by atoms with E-state index in [1.54, 1.807) is 7.11 Å². The lowest BCUT2D eigenvalue weighted by Gasteiger charge is -2.08. The van der Waals surface area contributed by atoms with Crippen molar-refractivity contribution in [2.24, 2.45) is 0 Å². The number of carboxylic acids is 1. The molecule has 0 atom stereocenters. The highest BCUT2D eigenvalue weighted by Crippen LogP contribution is 2.23. The Kier molecular flexibility index (Phi) is 4.71. The van der Waals surface area contributed by atoms with E-state index in [0.29, 0.717) is 5.95 Å². The van der Waals surface area contributed by atoms with E-state index < -0.39 is 5.97 Å². The van der Waals surface area contributed by atoms with Crippen LogP contribution >= 0.6 is 0 Å². The van der Waals surface area contributed by atoms with Crippen LogP contribution in [-0.2, 0) is 4.79 Å². The Morgan fingerprint density at radius 1 is 1.33 bits per heavy atom. The first-order chi connectivity index (χ1) is 10.1. The summed E-state index contributed by atoms with van der Waals surface area (Å²) in [5, 5.41) is 11.6. The van der Waals surface area contributed by atoms with E-state index in [0.717, 1.165) is 22.7 Å². The third kappa shape index (κ3) is 4.17. The molecule has 0 unspecified atom stereocenters. The van der Waals surface area contributed by atoms with Crippen molar-refractivity contribution in [2.75, 3.05) is 19.0 Å². The van der Waals surface area contributed by atoms with Gasteiger partial charge in [0.05, 0.1) is 19.2 Å². The summed E-state index contributed by atoms with van der Waals surface area (Å²) in [6.07, 6.45) is 0.0196. The highest BCUT2D eigenvalue weighted by atomic mass is 16.5. The minimum absolute atomic E-state index is 0.0196. The first-order valence-corrected chi connectivity index (χ1v) is 6.54. The lowest BCUT2D eigenvalue weighted by atomic mass is 10.1. The van der Waals surface area contributed by atoms with E-state index in [2.05, 4.69) is 15.3 Å². The van der Waals surface area contributed by atoms with Crippen molar-refractivity contribution in [3.8, 4) is 17.0 Å². The van der Waals surface area contributed by atoms with Gasteiger partial charge in [0.2, 0.25) is 5.95 Å². The van der Waals surface area contributed by atoms with Crippen LogP contribution in [0.2, 0.25) is 0 Å². The fraction of sp³-hybridized carbons (Fsp3) is 0.267. The molecule has 0 aliphatic carbocycles. The second kappa shape index (κ2) is 6.69. The molecule has 0 amide bonds. The fourth-order valence-electron chi connectivity index (χ4n) is 1.86. The van der Waals surface area contributed by atoms with Crippen molar-refractivity contribution in [3.05, 3.63) is 36.0 Å². The van der Waals surface area contributed by atoms with Crippen LogP contribution in [0.15, 0.2) is 30.3 Å². The number of rotatable bonds is 6. The van der Waals surface area contributed by atoms with E-state index in [4.69, 9.17) is 9.84 Å². The van der Waals surface area contributed by atoms with Crippen molar-refractivity contribution in [1.29, 1.82) is 0 Å². The number of aromatic nitrogens is 2. The highest BCUT2D eigenvalue weighted by molar-refractivity contribution is 5.67. The summed E-state index contributed by atoms with van der Waals surface area (Å²) < 4.78 is 5.20.